The first-order chi connectivity index (χ1) is 7.66. The van der Waals surface area contributed by atoms with Crippen LogP contribution in [-0.4, -0.2) is 75.0 Å². The van der Waals surface area contributed by atoms with Crippen molar-refractivity contribution in [2.24, 2.45) is 0 Å². The van der Waals surface area contributed by atoms with E-state index in [4.69, 9.17) is 19.3 Å². The molecule has 0 bridgehead atoms. The second-order valence-electron chi connectivity index (χ2n) is 5.10. The lowest BCUT2D eigenvalue weighted by Gasteiger charge is -2.24. The molecule has 2 atom stereocenters. The molecule has 0 heterocycles. The van der Waals surface area contributed by atoms with Crippen LogP contribution < -0.4 is 0 Å². The molecule has 0 aromatic heterocycles. The summed E-state index contributed by atoms with van der Waals surface area (Å²) in [5, 5.41) is 17.6. The number of hydrogen-bond acceptors (Lipinski definition) is 5. The Morgan fingerprint density at radius 1 is 1.29 bits per heavy atom. The quantitative estimate of drug-likeness (QED) is 0.358. The predicted molar refractivity (Wildman–Crippen MR) is 66.0 cm³/mol. The molecule has 0 aliphatic carbocycles. The lowest BCUT2D eigenvalue weighted by Crippen LogP contribution is -2.35. The standard InChI is InChI=1S/C10H25NO5P/c1-11(2,3)6-5-7-15-17(4,14)16-9-10(13)8-12/h10,12-13H,5-9H2,1-4H3/q+1. The predicted octanol–water partition coefficient (Wildman–Crippen LogP) is 0.292. The minimum atomic E-state index is -3.12. The molecule has 0 spiro atoms. The molecule has 0 saturated carbocycles. The highest BCUT2D eigenvalue weighted by atomic mass is 31.2. The van der Waals surface area contributed by atoms with Crippen molar-refractivity contribution in [3.05, 3.63) is 0 Å². The van der Waals surface area contributed by atoms with Crippen molar-refractivity contribution in [1.82, 2.24) is 0 Å². The Hall–Kier alpha value is 0.0300. The number of rotatable bonds is 9. The van der Waals surface area contributed by atoms with Crippen molar-refractivity contribution in [3.63, 3.8) is 0 Å². The molecule has 0 rings (SSSR count). The number of aliphatic hydroxyl groups is 2. The van der Waals surface area contributed by atoms with E-state index >= 15 is 0 Å². The Morgan fingerprint density at radius 2 is 1.88 bits per heavy atom. The van der Waals surface area contributed by atoms with Crippen LogP contribution in [0.4, 0.5) is 0 Å². The van der Waals surface area contributed by atoms with E-state index in [0.29, 0.717) is 6.61 Å². The van der Waals surface area contributed by atoms with Crippen LogP contribution in [0.5, 0.6) is 0 Å². The molecular weight excluding hydrogens is 245 g/mol. The first kappa shape index (κ1) is 17.0. The van der Waals surface area contributed by atoms with Crippen LogP contribution in [0.3, 0.4) is 0 Å². The smallest absolute Gasteiger partial charge is 0.327 e. The van der Waals surface area contributed by atoms with Crippen LogP contribution in [0, 0.1) is 0 Å². The Labute approximate surface area is 103 Å². The van der Waals surface area contributed by atoms with E-state index in [-0.39, 0.29) is 6.61 Å². The average Bonchev–Trinajstić information content (AvgIpc) is 2.20. The third-order valence-electron chi connectivity index (χ3n) is 2.01. The summed E-state index contributed by atoms with van der Waals surface area (Å²) in [4.78, 5) is 0. The monoisotopic (exact) mass is 270 g/mol. The molecule has 2 N–H and O–H groups in total. The molecule has 17 heavy (non-hydrogen) atoms. The molecule has 0 aromatic rings. The summed E-state index contributed by atoms with van der Waals surface area (Å²) in [6.07, 6.45) is -0.231. The highest BCUT2D eigenvalue weighted by Gasteiger charge is 2.19. The molecule has 0 radical (unpaired) electrons. The van der Waals surface area contributed by atoms with Gasteiger partial charge in [-0.05, 0) is 0 Å². The van der Waals surface area contributed by atoms with Crippen molar-refractivity contribution >= 4 is 7.60 Å². The fourth-order valence-electron chi connectivity index (χ4n) is 1.08. The van der Waals surface area contributed by atoms with Crippen molar-refractivity contribution < 1.29 is 28.3 Å². The van der Waals surface area contributed by atoms with Gasteiger partial charge in [0.2, 0.25) is 0 Å². The van der Waals surface area contributed by atoms with Crippen LogP contribution in [0.15, 0.2) is 0 Å². The summed E-state index contributed by atoms with van der Waals surface area (Å²) in [7, 11) is 3.09. The zero-order chi connectivity index (χ0) is 13.5. The maximum Gasteiger partial charge on any atom is 0.327 e. The SMILES string of the molecule is C[N+](C)(C)CCCOP(C)(=O)OCC(O)CO. The highest BCUT2D eigenvalue weighted by Crippen LogP contribution is 2.43. The van der Waals surface area contributed by atoms with Crippen molar-refractivity contribution in [3.8, 4) is 0 Å². The Balaban J connectivity index is 3.75. The lowest BCUT2D eigenvalue weighted by atomic mass is 10.4. The summed E-state index contributed by atoms with van der Waals surface area (Å²) in [6.45, 7) is 2.04. The molecule has 0 saturated heterocycles. The molecule has 6 nitrogen and oxygen atoms in total. The van der Waals surface area contributed by atoms with Crippen LogP contribution in [0.25, 0.3) is 0 Å². The van der Waals surface area contributed by atoms with Gasteiger partial charge in [-0.3, -0.25) is 4.57 Å². The third kappa shape index (κ3) is 10.9. The van der Waals surface area contributed by atoms with E-state index in [2.05, 4.69) is 21.1 Å². The number of quaternary nitrogens is 1. The average molecular weight is 270 g/mol. The normalized spacial score (nSPS) is 17.8. The van der Waals surface area contributed by atoms with E-state index in [1.807, 2.05) is 0 Å². The van der Waals surface area contributed by atoms with Gasteiger partial charge in [-0.15, -0.1) is 0 Å². The molecule has 2 unspecified atom stereocenters. The number of aliphatic hydroxyl groups excluding tert-OH is 2. The highest BCUT2D eigenvalue weighted by molar-refractivity contribution is 7.52. The maximum absolute atomic E-state index is 11.7. The van der Waals surface area contributed by atoms with Gasteiger partial charge in [0.15, 0.2) is 0 Å². The minimum absolute atomic E-state index is 0.181. The molecule has 104 valence electrons. The van der Waals surface area contributed by atoms with Crippen molar-refractivity contribution in [2.45, 2.75) is 12.5 Å². The van der Waals surface area contributed by atoms with E-state index < -0.39 is 20.3 Å². The number of nitrogens with zero attached hydrogens (tertiary/aromatic N) is 1. The van der Waals surface area contributed by atoms with Gasteiger partial charge >= 0.3 is 7.60 Å². The Bertz CT molecular complexity index is 254. The van der Waals surface area contributed by atoms with Crippen molar-refractivity contribution in [1.29, 1.82) is 0 Å². The summed E-state index contributed by atoms with van der Waals surface area (Å²) < 4.78 is 22.6. The Morgan fingerprint density at radius 3 is 2.35 bits per heavy atom. The zero-order valence-electron chi connectivity index (χ0n) is 11.1. The van der Waals surface area contributed by atoms with Crippen LogP contribution in [0.2, 0.25) is 0 Å². The summed E-state index contributed by atoms with van der Waals surface area (Å²) in [5.74, 6) is 0. The fourth-order valence-corrected chi connectivity index (χ4v) is 2.06. The first-order valence-electron chi connectivity index (χ1n) is 5.62. The molecular formula is C10H25NO5P+. The van der Waals surface area contributed by atoms with Gasteiger partial charge in [0.25, 0.3) is 0 Å². The van der Waals surface area contributed by atoms with Crippen LogP contribution in [0.1, 0.15) is 6.42 Å². The largest absolute Gasteiger partial charge is 0.394 e. The second kappa shape index (κ2) is 7.46. The van der Waals surface area contributed by atoms with E-state index in [1.165, 1.54) is 6.66 Å². The molecule has 0 aromatic carbocycles. The van der Waals surface area contributed by atoms with Gasteiger partial charge in [0.05, 0.1) is 47.5 Å². The van der Waals surface area contributed by atoms with E-state index in [0.717, 1.165) is 17.4 Å². The van der Waals surface area contributed by atoms with Gasteiger partial charge in [0, 0.05) is 13.1 Å². The summed E-state index contributed by atoms with van der Waals surface area (Å²) >= 11 is 0. The minimum Gasteiger partial charge on any atom is -0.394 e. The van der Waals surface area contributed by atoms with E-state index in [1.54, 1.807) is 0 Å². The first-order valence-corrected chi connectivity index (χ1v) is 7.61. The molecule has 0 fully saturated rings. The summed E-state index contributed by atoms with van der Waals surface area (Å²) in [6, 6.07) is 0. The van der Waals surface area contributed by atoms with Crippen LogP contribution in [-0.2, 0) is 13.6 Å². The molecule has 0 amide bonds. The van der Waals surface area contributed by atoms with Crippen molar-refractivity contribution in [2.75, 3.05) is 54.2 Å². The molecule has 0 aliphatic heterocycles. The van der Waals surface area contributed by atoms with E-state index in [9.17, 15) is 4.57 Å². The lowest BCUT2D eigenvalue weighted by molar-refractivity contribution is -0.870. The topological polar surface area (TPSA) is 76.0 Å². The maximum atomic E-state index is 11.7. The fraction of sp³-hybridized carbons (Fsp3) is 1.00. The Kier molecular flexibility index (Phi) is 7.47. The second-order valence-corrected chi connectivity index (χ2v) is 7.16. The van der Waals surface area contributed by atoms with Gasteiger partial charge in [-0.2, -0.15) is 0 Å². The molecule has 7 heteroatoms. The zero-order valence-corrected chi connectivity index (χ0v) is 12.0. The van der Waals surface area contributed by atoms with Gasteiger partial charge in [0.1, 0.15) is 6.10 Å². The van der Waals surface area contributed by atoms with Gasteiger partial charge in [-0.1, -0.05) is 0 Å². The van der Waals surface area contributed by atoms with Crippen LogP contribution >= 0.6 is 7.60 Å². The van der Waals surface area contributed by atoms with Gasteiger partial charge < -0.3 is 23.7 Å². The third-order valence-corrected chi connectivity index (χ3v) is 3.28. The summed E-state index contributed by atoms with van der Waals surface area (Å²) in [5.41, 5.74) is 0. The van der Waals surface area contributed by atoms with Gasteiger partial charge in [-0.25, -0.2) is 0 Å². The number of hydrogen-bond donors (Lipinski definition) is 2. The molecule has 0 aliphatic rings.